The van der Waals surface area contributed by atoms with Crippen molar-refractivity contribution in [2.75, 3.05) is 33.4 Å². The van der Waals surface area contributed by atoms with Crippen LogP contribution in [0.3, 0.4) is 0 Å². The van der Waals surface area contributed by atoms with Crippen molar-refractivity contribution in [3.8, 4) is 0 Å². The van der Waals surface area contributed by atoms with Gasteiger partial charge < -0.3 is 5.32 Å². The van der Waals surface area contributed by atoms with Crippen molar-refractivity contribution in [3.05, 3.63) is 35.4 Å². The first-order chi connectivity index (χ1) is 10.3. The van der Waals surface area contributed by atoms with Crippen LogP contribution in [-0.2, 0) is 16.6 Å². The average molecular weight is 325 g/mol. The molecule has 7 heteroatoms. The number of sulfonamides is 1. The van der Waals surface area contributed by atoms with Gasteiger partial charge in [0.1, 0.15) is 0 Å². The van der Waals surface area contributed by atoms with Gasteiger partial charge in [0.15, 0.2) is 0 Å². The first-order valence-corrected chi connectivity index (χ1v) is 9.12. The van der Waals surface area contributed by atoms with E-state index in [2.05, 4.69) is 10.2 Å². The predicted octanol–water partition coefficient (Wildman–Crippen LogP) is 0.512. The molecule has 1 fully saturated rings. The summed E-state index contributed by atoms with van der Waals surface area (Å²) in [6, 6.07) is 7.71. The molecule has 1 N–H and O–H groups in total. The van der Waals surface area contributed by atoms with Crippen LogP contribution in [-0.4, -0.2) is 63.0 Å². The predicted molar refractivity (Wildman–Crippen MR) is 86.1 cm³/mol. The van der Waals surface area contributed by atoms with Crippen molar-refractivity contribution >= 4 is 15.9 Å². The highest BCUT2D eigenvalue weighted by molar-refractivity contribution is 7.88. The van der Waals surface area contributed by atoms with Gasteiger partial charge in [0.05, 0.1) is 6.26 Å². The number of hydrogen-bond acceptors (Lipinski definition) is 4. The molecule has 6 nitrogen and oxygen atoms in total. The lowest BCUT2D eigenvalue weighted by Crippen LogP contribution is -2.35. The Morgan fingerprint density at radius 2 is 2.18 bits per heavy atom. The molecule has 0 bridgehead atoms. The number of carbonyl (C=O) groups excluding carboxylic acids is 1. The molecule has 0 aromatic heterocycles. The van der Waals surface area contributed by atoms with E-state index in [0.717, 1.165) is 12.0 Å². The maximum Gasteiger partial charge on any atom is 0.251 e. The molecule has 2 rings (SSSR count). The molecule has 1 heterocycles. The Bertz CT molecular complexity index is 645. The zero-order chi connectivity index (χ0) is 16.3. The zero-order valence-corrected chi connectivity index (χ0v) is 14.1. The first kappa shape index (κ1) is 16.9. The number of rotatable bonds is 5. The van der Waals surface area contributed by atoms with Gasteiger partial charge in [0.2, 0.25) is 10.0 Å². The van der Waals surface area contributed by atoms with Crippen LogP contribution in [0.4, 0.5) is 0 Å². The van der Waals surface area contributed by atoms with E-state index < -0.39 is 10.0 Å². The summed E-state index contributed by atoms with van der Waals surface area (Å²) in [6.45, 7) is 1.80. The van der Waals surface area contributed by atoms with Crippen LogP contribution in [0.2, 0.25) is 0 Å². The fourth-order valence-electron chi connectivity index (χ4n) is 2.74. The van der Waals surface area contributed by atoms with Gasteiger partial charge >= 0.3 is 0 Å². The van der Waals surface area contributed by atoms with Gasteiger partial charge in [-0.25, -0.2) is 12.7 Å². The summed E-state index contributed by atoms with van der Waals surface area (Å²) >= 11 is 0. The van der Waals surface area contributed by atoms with Crippen molar-refractivity contribution in [2.45, 2.75) is 19.0 Å². The standard InChI is InChI=1S/C15H23N3O3S/c1-16-15(19)13-6-4-5-12(9-13)10-17(2)14-7-8-18(11-14)22(3,20)21/h4-6,9,14H,7-8,10-11H2,1-3H3,(H,16,19). The van der Waals surface area contributed by atoms with Crippen LogP contribution in [0.25, 0.3) is 0 Å². The minimum Gasteiger partial charge on any atom is -0.355 e. The SMILES string of the molecule is CNC(=O)c1cccc(CN(C)C2CCN(S(C)(=O)=O)C2)c1. The lowest BCUT2D eigenvalue weighted by atomic mass is 10.1. The van der Waals surface area contributed by atoms with Crippen LogP contribution < -0.4 is 5.32 Å². The summed E-state index contributed by atoms with van der Waals surface area (Å²) < 4.78 is 24.7. The number of hydrogen-bond donors (Lipinski definition) is 1. The quantitative estimate of drug-likeness (QED) is 0.856. The summed E-state index contributed by atoms with van der Waals surface area (Å²) in [5.74, 6) is -0.103. The zero-order valence-electron chi connectivity index (χ0n) is 13.2. The highest BCUT2D eigenvalue weighted by atomic mass is 32.2. The highest BCUT2D eigenvalue weighted by Crippen LogP contribution is 2.19. The summed E-state index contributed by atoms with van der Waals surface area (Å²) in [7, 11) is 0.490. The van der Waals surface area contributed by atoms with Crippen LogP contribution in [0.15, 0.2) is 24.3 Å². The Labute approximate surface area is 132 Å². The largest absolute Gasteiger partial charge is 0.355 e. The summed E-state index contributed by atoms with van der Waals surface area (Å²) in [5.41, 5.74) is 1.68. The second kappa shape index (κ2) is 6.76. The summed E-state index contributed by atoms with van der Waals surface area (Å²) in [5, 5.41) is 2.61. The molecule has 1 aromatic carbocycles. The Hall–Kier alpha value is -1.44. The van der Waals surface area contributed by atoms with Crippen LogP contribution >= 0.6 is 0 Å². The van der Waals surface area contributed by atoms with Crippen molar-refractivity contribution in [3.63, 3.8) is 0 Å². The number of amides is 1. The molecule has 1 atom stereocenters. The molecular formula is C15H23N3O3S. The fraction of sp³-hybridized carbons (Fsp3) is 0.533. The van der Waals surface area contributed by atoms with E-state index in [0.29, 0.717) is 25.2 Å². The van der Waals surface area contributed by atoms with E-state index in [9.17, 15) is 13.2 Å². The maximum atomic E-state index is 11.7. The number of likely N-dealkylation sites (N-methyl/N-ethyl adjacent to an activating group) is 1. The minimum absolute atomic E-state index is 0.103. The van der Waals surface area contributed by atoms with Gasteiger partial charge in [-0.1, -0.05) is 12.1 Å². The number of nitrogens with one attached hydrogen (secondary N) is 1. The van der Waals surface area contributed by atoms with Gasteiger partial charge in [-0.2, -0.15) is 0 Å². The van der Waals surface area contributed by atoms with Crippen LogP contribution in [0.5, 0.6) is 0 Å². The van der Waals surface area contributed by atoms with Gasteiger partial charge in [-0.3, -0.25) is 9.69 Å². The smallest absolute Gasteiger partial charge is 0.251 e. The monoisotopic (exact) mass is 325 g/mol. The molecule has 1 aliphatic rings. The molecule has 1 aliphatic heterocycles. The molecule has 0 saturated carbocycles. The topological polar surface area (TPSA) is 69.7 Å². The normalized spacial score (nSPS) is 19.5. The van der Waals surface area contributed by atoms with Crippen molar-refractivity contribution in [1.82, 2.24) is 14.5 Å². The molecule has 122 valence electrons. The van der Waals surface area contributed by atoms with Gasteiger partial charge in [0.25, 0.3) is 5.91 Å². The third kappa shape index (κ3) is 4.06. The number of nitrogens with zero attached hydrogens (tertiary/aromatic N) is 2. The second-order valence-electron chi connectivity index (χ2n) is 5.76. The average Bonchev–Trinajstić information content (AvgIpc) is 2.96. The third-order valence-electron chi connectivity index (χ3n) is 4.07. The molecule has 0 spiro atoms. The van der Waals surface area contributed by atoms with E-state index in [1.807, 2.05) is 25.2 Å². The van der Waals surface area contributed by atoms with Gasteiger partial charge in [-0.15, -0.1) is 0 Å². The molecule has 1 saturated heterocycles. The summed E-state index contributed by atoms with van der Waals surface area (Å²) in [6.07, 6.45) is 2.08. The number of carbonyl (C=O) groups is 1. The Kier molecular flexibility index (Phi) is 5.20. The van der Waals surface area contributed by atoms with E-state index >= 15 is 0 Å². The molecule has 1 unspecified atom stereocenters. The molecular weight excluding hydrogens is 302 g/mol. The maximum absolute atomic E-state index is 11.7. The van der Waals surface area contributed by atoms with Crippen LogP contribution in [0, 0.1) is 0 Å². The van der Waals surface area contributed by atoms with Crippen molar-refractivity contribution < 1.29 is 13.2 Å². The first-order valence-electron chi connectivity index (χ1n) is 7.27. The molecule has 22 heavy (non-hydrogen) atoms. The lowest BCUT2D eigenvalue weighted by molar-refractivity contribution is 0.0963. The molecule has 0 aliphatic carbocycles. The van der Waals surface area contributed by atoms with E-state index in [4.69, 9.17) is 0 Å². The third-order valence-corrected chi connectivity index (χ3v) is 5.34. The van der Waals surface area contributed by atoms with E-state index in [1.54, 1.807) is 13.1 Å². The van der Waals surface area contributed by atoms with Crippen molar-refractivity contribution in [1.29, 1.82) is 0 Å². The number of benzene rings is 1. The van der Waals surface area contributed by atoms with Gasteiger partial charge in [-0.05, 0) is 31.2 Å². The molecule has 1 aromatic rings. The Morgan fingerprint density at radius 1 is 1.45 bits per heavy atom. The van der Waals surface area contributed by atoms with Crippen molar-refractivity contribution in [2.24, 2.45) is 0 Å². The summed E-state index contributed by atoms with van der Waals surface area (Å²) in [4.78, 5) is 13.8. The van der Waals surface area contributed by atoms with E-state index in [1.165, 1.54) is 10.6 Å². The van der Waals surface area contributed by atoms with Gasteiger partial charge in [0, 0.05) is 38.3 Å². The molecule has 0 radical (unpaired) electrons. The molecule has 1 amide bonds. The lowest BCUT2D eigenvalue weighted by Gasteiger charge is -2.24. The second-order valence-corrected chi connectivity index (χ2v) is 7.74. The van der Waals surface area contributed by atoms with Crippen LogP contribution in [0.1, 0.15) is 22.3 Å². The Balaban J connectivity index is 2.01. The minimum atomic E-state index is -3.11. The fourth-order valence-corrected chi connectivity index (χ4v) is 3.62. The highest BCUT2D eigenvalue weighted by Gasteiger charge is 2.30. The Morgan fingerprint density at radius 3 is 2.77 bits per heavy atom. The van der Waals surface area contributed by atoms with E-state index in [-0.39, 0.29) is 11.9 Å².